The van der Waals surface area contributed by atoms with Crippen molar-refractivity contribution in [2.75, 3.05) is 40.3 Å². The van der Waals surface area contributed by atoms with Crippen molar-refractivity contribution >= 4 is 0 Å². The van der Waals surface area contributed by atoms with E-state index in [1.807, 2.05) is 0 Å². The second-order valence-electron chi connectivity index (χ2n) is 5.76. The first kappa shape index (κ1) is 14.6. The Bertz CT molecular complexity index is 377. The van der Waals surface area contributed by atoms with E-state index in [1.54, 1.807) is 6.26 Å². The molecule has 2 rings (SSSR count). The molecule has 0 aliphatic carbocycles. The molecule has 1 atom stereocenters. The lowest BCUT2D eigenvalue weighted by Gasteiger charge is -2.20. The Kier molecular flexibility index (Phi) is 5.43. The zero-order valence-electron chi connectivity index (χ0n) is 12.5. The van der Waals surface area contributed by atoms with E-state index in [4.69, 9.17) is 4.42 Å². The Hall–Kier alpha value is -0.840. The molecule has 0 amide bonds. The molecule has 0 spiro atoms. The summed E-state index contributed by atoms with van der Waals surface area (Å²) in [6, 6.07) is 2.10. The van der Waals surface area contributed by atoms with Gasteiger partial charge in [-0.3, -0.25) is 0 Å². The van der Waals surface area contributed by atoms with Gasteiger partial charge in [0, 0.05) is 25.2 Å². The quantitative estimate of drug-likeness (QED) is 0.814. The molecule has 4 nitrogen and oxygen atoms in total. The van der Waals surface area contributed by atoms with Crippen LogP contribution in [0.5, 0.6) is 0 Å². The molecule has 1 aliphatic rings. The van der Waals surface area contributed by atoms with E-state index in [9.17, 15) is 0 Å². The first-order valence-corrected chi connectivity index (χ1v) is 7.32. The Balaban J connectivity index is 1.81. The topological polar surface area (TPSA) is 31.7 Å². The van der Waals surface area contributed by atoms with Gasteiger partial charge < -0.3 is 19.5 Å². The van der Waals surface area contributed by atoms with Gasteiger partial charge in [0.15, 0.2) is 0 Å². The Morgan fingerprint density at radius 2 is 2.37 bits per heavy atom. The summed E-state index contributed by atoms with van der Waals surface area (Å²) in [7, 11) is 4.42. The van der Waals surface area contributed by atoms with Crippen molar-refractivity contribution in [3.63, 3.8) is 0 Å². The fourth-order valence-corrected chi connectivity index (χ4v) is 2.87. The number of nitrogens with zero attached hydrogens (tertiary/aromatic N) is 2. The van der Waals surface area contributed by atoms with Crippen molar-refractivity contribution < 1.29 is 4.42 Å². The van der Waals surface area contributed by atoms with Gasteiger partial charge in [-0.25, -0.2) is 0 Å². The Morgan fingerprint density at radius 3 is 3.05 bits per heavy atom. The van der Waals surface area contributed by atoms with Crippen LogP contribution in [0.15, 0.2) is 16.7 Å². The van der Waals surface area contributed by atoms with Gasteiger partial charge in [0.2, 0.25) is 0 Å². The van der Waals surface area contributed by atoms with Crippen LogP contribution in [0.4, 0.5) is 0 Å². The largest absolute Gasteiger partial charge is 0.468 e. The number of nitrogens with one attached hydrogen (secondary N) is 1. The summed E-state index contributed by atoms with van der Waals surface area (Å²) in [4.78, 5) is 4.84. The lowest BCUT2D eigenvalue weighted by atomic mass is 10.1. The van der Waals surface area contributed by atoms with Crippen molar-refractivity contribution in [2.45, 2.75) is 26.4 Å². The van der Waals surface area contributed by atoms with E-state index in [0.29, 0.717) is 0 Å². The monoisotopic (exact) mass is 265 g/mol. The maximum absolute atomic E-state index is 5.56. The maximum atomic E-state index is 5.56. The lowest BCUT2D eigenvalue weighted by Crippen LogP contribution is -2.27. The molecule has 1 saturated heterocycles. The molecule has 2 heterocycles. The Morgan fingerprint density at radius 1 is 1.53 bits per heavy atom. The highest BCUT2D eigenvalue weighted by Gasteiger charge is 2.21. The van der Waals surface area contributed by atoms with E-state index < -0.39 is 0 Å². The summed E-state index contributed by atoms with van der Waals surface area (Å²) < 4.78 is 5.56. The molecule has 1 N–H and O–H groups in total. The second-order valence-corrected chi connectivity index (χ2v) is 5.76. The first-order chi connectivity index (χ1) is 9.19. The van der Waals surface area contributed by atoms with Crippen molar-refractivity contribution in [3.05, 3.63) is 23.7 Å². The van der Waals surface area contributed by atoms with E-state index in [2.05, 4.69) is 42.2 Å². The van der Waals surface area contributed by atoms with Crippen molar-refractivity contribution in [1.29, 1.82) is 0 Å². The van der Waals surface area contributed by atoms with Crippen LogP contribution in [0.3, 0.4) is 0 Å². The van der Waals surface area contributed by atoms with Gasteiger partial charge in [-0.05, 0) is 45.6 Å². The molecule has 1 fully saturated rings. The summed E-state index contributed by atoms with van der Waals surface area (Å²) >= 11 is 0. The highest BCUT2D eigenvalue weighted by molar-refractivity contribution is 5.16. The van der Waals surface area contributed by atoms with Crippen LogP contribution in [0.25, 0.3) is 0 Å². The van der Waals surface area contributed by atoms with Gasteiger partial charge in [-0.1, -0.05) is 6.92 Å². The molecule has 0 aromatic carbocycles. The molecule has 1 unspecified atom stereocenters. The summed E-state index contributed by atoms with van der Waals surface area (Å²) in [6.07, 6.45) is 3.13. The Labute approximate surface area is 116 Å². The minimum atomic E-state index is 0.819. The van der Waals surface area contributed by atoms with Crippen LogP contribution in [-0.2, 0) is 13.1 Å². The number of hydrogen-bond donors (Lipinski definition) is 1. The van der Waals surface area contributed by atoms with Gasteiger partial charge in [-0.2, -0.15) is 0 Å². The molecule has 0 radical (unpaired) electrons. The van der Waals surface area contributed by atoms with Crippen LogP contribution in [0.2, 0.25) is 0 Å². The van der Waals surface area contributed by atoms with Crippen LogP contribution < -0.4 is 5.32 Å². The van der Waals surface area contributed by atoms with Gasteiger partial charge in [0.05, 0.1) is 12.8 Å². The van der Waals surface area contributed by atoms with Crippen molar-refractivity contribution in [3.8, 4) is 0 Å². The third-order valence-electron chi connectivity index (χ3n) is 3.87. The standard InChI is InChI=1S/C15H27N3O/c1-4-16-9-15-14(6-8-19-15)12-18(3)11-13-5-7-17(2)10-13/h6,8,13,16H,4-5,7,9-12H2,1-3H3. The molecule has 108 valence electrons. The van der Waals surface area contributed by atoms with Crippen LogP contribution in [-0.4, -0.2) is 50.1 Å². The number of likely N-dealkylation sites (tertiary alicyclic amines) is 1. The molecular weight excluding hydrogens is 238 g/mol. The van der Waals surface area contributed by atoms with Gasteiger partial charge in [0.25, 0.3) is 0 Å². The average molecular weight is 265 g/mol. The molecule has 1 aliphatic heterocycles. The minimum Gasteiger partial charge on any atom is -0.468 e. The zero-order chi connectivity index (χ0) is 13.7. The molecule has 1 aromatic heterocycles. The second kappa shape index (κ2) is 7.08. The van der Waals surface area contributed by atoms with E-state index in [1.165, 1.54) is 31.6 Å². The van der Waals surface area contributed by atoms with Crippen LogP contribution in [0.1, 0.15) is 24.7 Å². The fraction of sp³-hybridized carbons (Fsp3) is 0.733. The van der Waals surface area contributed by atoms with E-state index in [0.717, 1.165) is 31.3 Å². The van der Waals surface area contributed by atoms with Crippen LogP contribution in [0, 0.1) is 5.92 Å². The smallest absolute Gasteiger partial charge is 0.122 e. The third kappa shape index (κ3) is 4.34. The molecule has 19 heavy (non-hydrogen) atoms. The predicted octanol–water partition coefficient (Wildman–Crippen LogP) is 1.77. The first-order valence-electron chi connectivity index (χ1n) is 7.32. The molecule has 1 aromatic rings. The summed E-state index contributed by atoms with van der Waals surface area (Å²) in [5, 5.41) is 3.32. The van der Waals surface area contributed by atoms with Gasteiger partial charge in [0.1, 0.15) is 5.76 Å². The van der Waals surface area contributed by atoms with Crippen LogP contribution >= 0.6 is 0 Å². The molecule has 4 heteroatoms. The highest BCUT2D eigenvalue weighted by Crippen LogP contribution is 2.18. The summed E-state index contributed by atoms with van der Waals surface area (Å²) in [6.45, 7) is 8.57. The summed E-state index contributed by atoms with van der Waals surface area (Å²) in [5.74, 6) is 1.90. The lowest BCUT2D eigenvalue weighted by molar-refractivity contribution is 0.265. The number of furan rings is 1. The van der Waals surface area contributed by atoms with Gasteiger partial charge >= 0.3 is 0 Å². The van der Waals surface area contributed by atoms with Crippen molar-refractivity contribution in [1.82, 2.24) is 15.1 Å². The number of hydrogen-bond acceptors (Lipinski definition) is 4. The van der Waals surface area contributed by atoms with E-state index >= 15 is 0 Å². The normalized spacial score (nSPS) is 20.5. The fourth-order valence-electron chi connectivity index (χ4n) is 2.87. The minimum absolute atomic E-state index is 0.819. The molecule has 0 bridgehead atoms. The van der Waals surface area contributed by atoms with E-state index in [-0.39, 0.29) is 0 Å². The van der Waals surface area contributed by atoms with Gasteiger partial charge in [-0.15, -0.1) is 0 Å². The highest BCUT2D eigenvalue weighted by atomic mass is 16.3. The molecular formula is C15H27N3O. The predicted molar refractivity (Wildman–Crippen MR) is 78.0 cm³/mol. The average Bonchev–Trinajstić information content (AvgIpc) is 2.96. The number of rotatable bonds is 7. The summed E-state index contributed by atoms with van der Waals surface area (Å²) in [5.41, 5.74) is 1.31. The SMILES string of the molecule is CCNCc1occc1CN(C)CC1CCN(C)C1. The third-order valence-corrected chi connectivity index (χ3v) is 3.87. The maximum Gasteiger partial charge on any atom is 0.122 e. The molecule has 0 saturated carbocycles. The zero-order valence-corrected chi connectivity index (χ0v) is 12.5. The van der Waals surface area contributed by atoms with Crippen molar-refractivity contribution in [2.24, 2.45) is 5.92 Å².